The summed E-state index contributed by atoms with van der Waals surface area (Å²) in [6.45, 7) is 1.52. The second-order valence-electron chi connectivity index (χ2n) is 4.15. The molecule has 0 aliphatic carbocycles. The molecule has 1 heterocycles. The van der Waals surface area contributed by atoms with Gasteiger partial charge in [0.05, 0.1) is 16.1 Å². The van der Waals surface area contributed by atoms with Crippen LogP contribution in [0.3, 0.4) is 0 Å². The zero-order chi connectivity index (χ0) is 15.1. The van der Waals surface area contributed by atoms with Gasteiger partial charge in [-0.15, -0.1) is 0 Å². The molecule has 0 saturated carbocycles. The van der Waals surface area contributed by atoms with Crippen LogP contribution in [0.5, 0.6) is 0 Å². The van der Waals surface area contributed by atoms with E-state index >= 15 is 0 Å². The predicted molar refractivity (Wildman–Crippen MR) is 67.5 cm³/mol. The highest BCUT2D eigenvalue weighted by molar-refractivity contribution is 6.31. The number of rotatable bonds is 2. The summed E-state index contributed by atoms with van der Waals surface area (Å²) in [5.74, 6) is -1.13. The van der Waals surface area contributed by atoms with Crippen LogP contribution in [0.2, 0.25) is 5.02 Å². The van der Waals surface area contributed by atoms with Crippen LogP contribution >= 0.6 is 11.6 Å². The molecule has 20 heavy (non-hydrogen) atoms. The monoisotopic (exact) mass is 303 g/mol. The number of hydrogen-bond donors (Lipinski definition) is 1. The highest BCUT2D eigenvalue weighted by Gasteiger charge is 2.33. The highest BCUT2D eigenvalue weighted by Crippen LogP contribution is 2.36. The third-order valence-corrected chi connectivity index (χ3v) is 3.23. The Balaban J connectivity index is 2.57. The van der Waals surface area contributed by atoms with E-state index in [1.165, 1.54) is 29.8 Å². The van der Waals surface area contributed by atoms with Gasteiger partial charge < -0.3 is 9.67 Å². The Morgan fingerprint density at radius 1 is 1.30 bits per heavy atom. The number of halogens is 4. The van der Waals surface area contributed by atoms with Crippen LogP contribution < -0.4 is 0 Å². The SMILES string of the molecule is Cc1c(C(=O)O)ccn1-c1ccc(Cl)c(C(F)(F)F)c1. The van der Waals surface area contributed by atoms with E-state index < -0.39 is 22.7 Å². The van der Waals surface area contributed by atoms with Crippen molar-refractivity contribution < 1.29 is 23.1 Å². The molecule has 0 fully saturated rings. The van der Waals surface area contributed by atoms with Crippen LogP contribution in [0, 0.1) is 6.92 Å². The van der Waals surface area contributed by atoms with Gasteiger partial charge in [0.1, 0.15) is 0 Å². The molecule has 0 aliphatic heterocycles. The minimum Gasteiger partial charge on any atom is -0.478 e. The molecule has 0 atom stereocenters. The summed E-state index contributed by atoms with van der Waals surface area (Å²) in [4.78, 5) is 10.9. The molecule has 3 nitrogen and oxygen atoms in total. The molecule has 1 aromatic carbocycles. The number of aromatic nitrogens is 1. The molecule has 1 aromatic heterocycles. The van der Waals surface area contributed by atoms with Crippen molar-refractivity contribution >= 4 is 17.6 Å². The molecule has 106 valence electrons. The van der Waals surface area contributed by atoms with Gasteiger partial charge in [0.25, 0.3) is 0 Å². The Labute approximate surface area is 117 Å². The lowest BCUT2D eigenvalue weighted by Gasteiger charge is -2.13. The summed E-state index contributed by atoms with van der Waals surface area (Å²) in [6, 6.07) is 4.76. The quantitative estimate of drug-likeness (QED) is 0.905. The Kier molecular flexibility index (Phi) is 3.52. The van der Waals surface area contributed by atoms with Crippen molar-refractivity contribution in [2.75, 3.05) is 0 Å². The molecule has 0 unspecified atom stereocenters. The maximum Gasteiger partial charge on any atom is 0.417 e. The Hall–Kier alpha value is -1.95. The maximum atomic E-state index is 12.8. The molecule has 2 rings (SSSR count). The minimum absolute atomic E-state index is 0.0357. The van der Waals surface area contributed by atoms with Crippen molar-refractivity contribution in [3.05, 3.63) is 52.3 Å². The van der Waals surface area contributed by atoms with Crippen molar-refractivity contribution in [2.45, 2.75) is 13.1 Å². The molecule has 2 aromatic rings. The van der Waals surface area contributed by atoms with E-state index in [1.807, 2.05) is 0 Å². The summed E-state index contributed by atoms with van der Waals surface area (Å²) in [5, 5.41) is 8.54. The van der Waals surface area contributed by atoms with Crippen LogP contribution in [0.4, 0.5) is 13.2 Å². The normalized spacial score (nSPS) is 11.7. The Morgan fingerprint density at radius 3 is 2.45 bits per heavy atom. The lowest BCUT2D eigenvalue weighted by Crippen LogP contribution is -2.08. The zero-order valence-corrected chi connectivity index (χ0v) is 11.0. The molecular weight excluding hydrogens is 295 g/mol. The Bertz CT molecular complexity index is 677. The lowest BCUT2D eigenvalue weighted by atomic mass is 10.2. The van der Waals surface area contributed by atoms with E-state index in [1.54, 1.807) is 0 Å². The molecule has 0 saturated heterocycles. The third-order valence-electron chi connectivity index (χ3n) is 2.91. The van der Waals surface area contributed by atoms with Crippen LogP contribution in [-0.4, -0.2) is 15.6 Å². The van der Waals surface area contributed by atoms with Gasteiger partial charge in [0.2, 0.25) is 0 Å². The van der Waals surface area contributed by atoms with E-state index in [0.29, 0.717) is 5.69 Å². The fraction of sp³-hybridized carbons (Fsp3) is 0.154. The number of alkyl halides is 3. The summed E-state index contributed by atoms with van der Waals surface area (Å²) in [7, 11) is 0. The first-order chi connectivity index (χ1) is 9.21. The van der Waals surface area contributed by atoms with E-state index in [2.05, 4.69) is 0 Å². The molecule has 0 amide bonds. The van der Waals surface area contributed by atoms with Crippen molar-refractivity contribution in [1.82, 2.24) is 4.57 Å². The maximum absolute atomic E-state index is 12.8. The summed E-state index contributed by atoms with van der Waals surface area (Å²) < 4.78 is 39.7. The molecule has 7 heteroatoms. The van der Waals surface area contributed by atoms with Gasteiger partial charge in [-0.05, 0) is 31.2 Å². The molecule has 1 N–H and O–H groups in total. The van der Waals surface area contributed by atoms with E-state index in [4.69, 9.17) is 16.7 Å². The number of carbonyl (C=O) groups is 1. The average Bonchev–Trinajstić information content (AvgIpc) is 2.70. The number of hydrogen-bond acceptors (Lipinski definition) is 1. The van der Waals surface area contributed by atoms with Crippen LogP contribution in [-0.2, 0) is 6.18 Å². The van der Waals surface area contributed by atoms with Gasteiger partial charge in [-0.1, -0.05) is 11.6 Å². The zero-order valence-electron chi connectivity index (χ0n) is 10.2. The smallest absolute Gasteiger partial charge is 0.417 e. The number of aromatic carboxylic acids is 1. The van der Waals surface area contributed by atoms with Crippen molar-refractivity contribution in [3.8, 4) is 5.69 Å². The van der Waals surface area contributed by atoms with Crippen molar-refractivity contribution in [2.24, 2.45) is 0 Å². The molecule has 0 aliphatic rings. The molecule has 0 radical (unpaired) electrons. The predicted octanol–water partition coefficient (Wildman–Crippen LogP) is 4.16. The Morgan fingerprint density at radius 2 is 1.95 bits per heavy atom. The van der Waals surface area contributed by atoms with Gasteiger partial charge >= 0.3 is 12.1 Å². The van der Waals surface area contributed by atoms with E-state index in [9.17, 15) is 18.0 Å². The minimum atomic E-state index is -4.57. The third kappa shape index (κ3) is 2.51. The number of nitrogens with zero attached hydrogens (tertiary/aromatic N) is 1. The fourth-order valence-corrected chi connectivity index (χ4v) is 2.12. The number of benzene rings is 1. The first-order valence-corrected chi connectivity index (χ1v) is 5.88. The summed E-state index contributed by atoms with van der Waals surface area (Å²) in [6.07, 6.45) is -3.16. The lowest BCUT2D eigenvalue weighted by molar-refractivity contribution is -0.137. The summed E-state index contributed by atoms with van der Waals surface area (Å²) >= 11 is 5.54. The van der Waals surface area contributed by atoms with Crippen LogP contribution in [0.15, 0.2) is 30.5 Å². The second-order valence-corrected chi connectivity index (χ2v) is 4.56. The fourth-order valence-electron chi connectivity index (χ4n) is 1.90. The average molecular weight is 304 g/mol. The first-order valence-electron chi connectivity index (χ1n) is 5.50. The summed E-state index contributed by atoms with van der Waals surface area (Å²) in [5.41, 5.74) is -0.380. The largest absolute Gasteiger partial charge is 0.478 e. The second kappa shape index (κ2) is 4.86. The van der Waals surface area contributed by atoms with Gasteiger partial charge in [-0.2, -0.15) is 13.2 Å². The van der Waals surface area contributed by atoms with E-state index in [0.717, 1.165) is 12.1 Å². The van der Waals surface area contributed by atoms with Crippen LogP contribution in [0.25, 0.3) is 5.69 Å². The standard InChI is InChI=1S/C13H9ClF3NO2/c1-7-9(12(19)20)4-5-18(7)8-2-3-11(14)10(6-8)13(15,16)17/h2-6H,1H3,(H,19,20). The topological polar surface area (TPSA) is 42.2 Å². The van der Waals surface area contributed by atoms with Gasteiger partial charge in [-0.25, -0.2) is 4.79 Å². The van der Waals surface area contributed by atoms with Gasteiger partial charge in [-0.3, -0.25) is 0 Å². The molecular formula is C13H9ClF3NO2. The number of carboxylic acid groups (broad SMARTS) is 1. The molecule has 0 bridgehead atoms. The first kappa shape index (κ1) is 14.5. The van der Waals surface area contributed by atoms with Crippen LogP contribution in [0.1, 0.15) is 21.6 Å². The van der Waals surface area contributed by atoms with Crippen molar-refractivity contribution in [3.63, 3.8) is 0 Å². The number of carboxylic acids is 1. The van der Waals surface area contributed by atoms with Crippen molar-refractivity contribution in [1.29, 1.82) is 0 Å². The van der Waals surface area contributed by atoms with Gasteiger partial charge in [0.15, 0.2) is 0 Å². The van der Waals surface area contributed by atoms with Gasteiger partial charge in [0, 0.05) is 17.6 Å². The highest BCUT2D eigenvalue weighted by atomic mass is 35.5. The van der Waals surface area contributed by atoms with E-state index in [-0.39, 0.29) is 11.3 Å². The molecule has 0 spiro atoms.